The van der Waals surface area contributed by atoms with Crippen molar-refractivity contribution in [1.82, 2.24) is 14.8 Å². The molecular formula is C17H16F2N4. The summed E-state index contributed by atoms with van der Waals surface area (Å²) in [4.78, 5) is 6.23. The van der Waals surface area contributed by atoms with Crippen LogP contribution in [0.3, 0.4) is 0 Å². The third kappa shape index (κ3) is 2.54. The van der Waals surface area contributed by atoms with Gasteiger partial charge in [0.25, 0.3) is 0 Å². The Balaban J connectivity index is 1.74. The Kier molecular flexibility index (Phi) is 3.44. The molecule has 4 rings (SSSR count). The largest absolute Gasteiger partial charge is 0.369 e. The van der Waals surface area contributed by atoms with E-state index in [2.05, 4.69) is 15.0 Å². The average Bonchev–Trinajstić information content (AvgIpc) is 3.09. The van der Waals surface area contributed by atoms with Crippen molar-refractivity contribution in [1.29, 1.82) is 0 Å². The predicted molar refractivity (Wildman–Crippen MR) is 84.4 cm³/mol. The van der Waals surface area contributed by atoms with Gasteiger partial charge in [-0.15, -0.1) is 0 Å². The Labute approximate surface area is 132 Å². The van der Waals surface area contributed by atoms with Gasteiger partial charge in [0, 0.05) is 48.8 Å². The van der Waals surface area contributed by atoms with E-state index in [1.807, 2.05) is 23.0 Å². The summed E-state index contributed by atoms with van der Waals surface area (Å²) in [5.74, 6) is -1.20. The molecule has 0 spiro atoms. The molecule has 0 saturated carbocycles. The molecule has 118 valence electrons. The summed E-state index contributed by atoms with van der Waals surface area (Å²) in [6, 6.07) is 6.23. The van der Waals surface area contributed by atoms with Gasteiger partial charge in [-0.1, -0.05) is 0 Å². The van der Waals surface area contributed by atoms with E-state index < -0.39 is 11.6 Å². The second-order valence-electron chi connectivity index (χ2n) is 5.84. The lowest BCUT2D eigenvalue weighted by atomic mass is 10.0. The van der Waals surface area contributed by atoms with Crippen LogP contribution in [0.1, 0.15) is 18.9 Å². The highest BCUT2D eigenvalue weighted by Gasteiger charge is 2.23. The molecule has 3 heterocycles. The van der Waals surface area contributed by atoms with Gasteiger partial charge in [0.15, 0.2) is 5.82 Å². The SMILES string of the molecule is Fc1cc(F)c2nccc(N3CCCC(n4cccn4)C3)c2c1. The summed E-state index contributed by atoms with van der Waals surface area (Å²) in [6.07, 6.45) is 7.36. The molecule has 0 N–H and O–H groups in total. The topological polar surface area (TPSA) is 34.0 Å². The van der Waals surface area contributed by atoms with Crippen molar-refractivity contribution < 1.29 is 8.78 Å². The molecule has 1 aliphatic rings. The number of rotatable bonds is 2. The van der Waals surface area contributed by atoms with E-state index in [0.29, 0.717) is 5.39 Å². The Morgan fingerprint density at radius 2 is 2.09 bits per heavy atom. The van der Waals surface area contributed by atoms with E-state index in [9.17, 15) is 8.78 Å². The zero-order valence-corrected chi connectivity index (χ0v) is 12.5. The molecule has 0 bridgehead atoms. The quantitative estimate of drug-likeness (QED) is 0.725. The van der Waals surface area contributed by atoms with Crippen LogP contribution in [-0.4, -0.2) is 27.9 Å². The molecular weight excluding hydrogens is 298 g/mol. The van der Waals surface area contributed by atoms with Crippen LogP contribution in [0.5, 0.6) is 0 Å². The van der Waals surface area contributed by atoms with Gasteiger partial charge in [-0.25, -0.2) is 8.78 Å². The fourth-order valence-corrected chi connectivity index (χ4v) is 3.33. The highest BCUT2D eigenvalue weighted by atomic mass is 19.1. The Morgan fingerprint density at radius 3 is 2.91 bits per heavy atom. The van der Waals surface area contributed by atoms with Gasteiger partial charge in [0.2, 0.25) is 0 Å². The van der Waals surface area contributed by atoms with Crippen molar-refractivity contribution in [3.8, 4) is 0 Å². The molecule has 1 unspecified atom stereocenters. The Morgan fingerprint density at radius 1 is 1.17 bits per heavy atom. The third-order valence-electron chi connectivity index (χ3n) is 4.38. The molecule has 1 atom stereocenters. The molecule has 4 nitrogen and oxygen atoms in total. The number of anilines is 1. The first-order chi connectivity index (χ1) is 11.2. The summed E-state index contributed by atoms with van der Waals surface area (Å²) in [5, 5.41) is 4.84. The fourth-order valence-electron chi connectivity index (χ4n) is 3.33. The molecule has 6 heteroatoms. The second-order valence-corrected chi connectivity index (χ2v) is 5.84. The van der Waals surface area contributed by atoms with E-state index in [-0.39, 0.29) is 11.6 Å². The van der Waals surface area contributed by atoms with Crippen molar-refractivity contribution in [3.63, 3.8) is 0 Å². The fraction of sp³-hybridized carbons (Fsp3) is 0.294. The average molecular weight is 314 g/mol. The van der Waals surface area contributed by atoms with Gasteiger partial charge in [-0.3, -0.25) is 9.67 Å². The molecule has 1 saturated heterocycles. The van der Waals surface area contributed by atoms with Crippen LogP contribution in [0.2, 0.25) is 0 Å². The van der Waals surface area contributed by atoms with Gasteiger partial charge in [-0.05, 0) is 31.0 Å². The zero-order valence-electron chi connectivity index (χ0n) is 12.5. The number of halogens is 2. The van der Waals surface area contributed by atoms with Crippen LogP contribution in [0.15, 0.2) is 42.9 Å². The number of pyridine rings is 1. The van der Waals surface area contributed by atoms with E-state index in [4.69, 9.17) is 0 Å². The summed E-state index contributed by atoms with van der Waals surface area (Å²) in [6.45, 7) is 1.62. The second kappa shape index (κ2) is 5.61. The van der Waals surface area contributed by atoms with Gasteiger partial charge < -0.3 is 4.90 Å². The molecule has 1 aromatic carbocycles. The molecule has 0 aliphatic carbocycles. The van der Waals surface area contributed by atoms with Crippen LogP contribution in [0.25, 0.3) is 10.9 Å². The minimum absolute atomic E-state index is 0.213. The third-order valence-corrected chi connectivity index (χ3v) is 4.38. The minimum Gasteiger partial charge on any atom is -0.369 e. The number of aromatic nitrogens is 3. The Hall–Kier alpha value is -2.50. The first-order valence-electron chi connectivity index (χ1n) is 7.70. The maximum atomic E-state index is 14.0. The van der Waals surface area contributed by atoms with Crippen molar-refractivity contribution >= 4 is 16.6 Å². The van der Waals surface area contributed by atoms with Crippen molar-refractivity contribution in [2.45, 2.75) is 18.9 Å². The van der Waals surface area contributed by atoms with Gasteiger partial charge in [0.05, 0.1) is 6.04 Å². The molecule has 1 aliphatic heterocycles. The van der Waals surface area contributed by atoms with Gasteiger partial charge in [-0.2, -0.15) is 5.10 Å². The van der Waals surface area contributed by atoms with Gasteiger partial charge >= 0.3 is 0 Å². The van der Waals surface area contributed by atoms with Crippen LogP contribution in [-0.2, 0) is 0 Å². The van der Waals surface area contributed by atoms with Crippen molar-refractivity contribution in [2.24, 2.45) is 0 Å². The highest BCUT2D eigenvalue weighted by Crippen LogP contribution is 2.32. The highest BCUT2D eigenvalue weighted by molar-refractivity contribution is 5.92. The van der Waals surface area contributed by atoms with Crippen LogP contribution < -0.4 is 4.90 Å². The molecule has 0 radical (unpaired) electrons. The smallest absolute Gasteiger partial charge is 0.152 e. The lowest BCUT2D eigenvalue weighted by molar-refractivity contribution is 0.376. The summed E-state index contributed by atoms with van der Waals surface area (Å²) < 4.78 is 29.6. The first-order valence-corrected chi connectivity index (χ1v) is 7.70. The Bertz CT molecular complexity index is 832. The van der Waals surface area contributed by atoms with Crippen LogP contribution in [0, 0.1) is 11.6 Å². The summed E-state index contributed by atoms with van der Waals surface area (Å²) in [5.41, 5.74) is 1.04. The number of benzene rings is 1. The molecule has 3 aromatic rings. The normalized spacial score (nSPS) is 18.5. The molecule has 23 heavy (non-hydrogen) atoms. The number of hydrogen-bond donors (Lipinski definition) is 0. The minimum atomic E-state index is -0.623. The molecule has 0 amide bonds. The number of nitrogens with zero attached hydrogens (tertiary/aromatic N) is 4. The zero-order chi connectivity index (χ0) is 15.8. The maximum absolute atomic E-state index is 14.0. The molecule has 2 aromatic heterocycles. The number of piperidine rings is 1. The van der Waals surface area contributed by atoms with E-state index in [0.717, 1.165) is 37.7 Å². The van der Waals surface area contributed by atoms with E-state index >= 15 is 0 Å². The lowest BCUT2D eigenvalue weighted by Gasteiger charge is -2.35. The lowest BCUT2D eigenvalue weighted by Crippen LogP contribution is -2.37. The number of fused-ring (bicyclic) bond motifs is 1. The summed E-state index contributed by atoms with van der Waals surface area (Å²) >= 11 is 0. The predicted octanol–water partition coefficient (Wildman–Crippen LogP) is 3.55. The van der Waals surface area contributed by atoms with Crippen molar-refractivity contribution in [2.75, 3.05) is 18.0 Å². The monoisotopic (exact) mass is 314 g/mol. The number of hydrogen-bond acceptors (Lipinski definition) is 3. The van der Waals surface area contributed by atoms with Gasteiger partial charge in [0.1, 0.15) is 11.3 Å². The van der Waals surface area contributed by atoms with Crippen LogP contribution in [0.4, 0.5) is 14.5 Å². The molecule has 1 fully saturated rings. The van der Waals surface area contributed by atoms with E-state index in [1.165, 1.54) is 6.07 Å². The summed E-state index contributed by atoms with van der Waals surface area (Å²) in [7, 11) is 0. The first kappa shape index (κ1) is 14.1. The van der Waals surface area contributed by atoms with E-state index in [1.54, 1.807) is 12.4 Å². The maximum Gasteiger partial charge on any atom is 0.152 e. The van der Waals surface area contributed by atoms with Crippen molar-refractivity contribution in [3.05, 3.63) is 54.5 Å². The van der Waals surface area contributed by atoms with Crippen LogP contribution >= 0.6 is 0 Å². The standard InChI is InChI=1S/C17H16F2N4/c18-12-9-14-16(4-6-20-17(14)15(19)10-12)22-7-1-3-13(11-22)23-8-2-5-21-23/h2,4-6,8-10,13H,1,3,7,11H2.